The Hall–Kier alpha value is -2.94. The Morgan fingerprint density at radius 3 is 2.58 bits per heavy atom. The number of β-amino-alcohol motifs (C(OH)–C–C–N with tert-alkyl or cyclic N) is 1. The van der Waals surface area contributed by atoms with Gasteiger partial charge in [0.25, 0.3) is 11.8 Å². The van der Waals surface area contributed by atoms with E-state index in [2.05, 4.69) is 23.1 Å². The molecule has 192 valence electrons. The SMILES string of the molecule is CC1CN(C(=O)c2ccc3c(c2)OCCN(C[C@H](O)CN2CCc4ccccc4C2)C3=O)CC(C)O1. The molecule has 1 saturated heterocycles. The fourth-order valence-electron chi connectivity index (χ4n) is 5.51. The standard InChI is InChI=1S/C28H35N3O5/c1-19-14-31(15-20(2)36-19)27(33)22-7-8-25-26(13-22)35-12-11-30(28(25)34)18-24(32)17-29-10-9-21-5-3-4-6-23(21)16-29/h3-8,13,19-20,24,32H,9-12,14-18H2,1-2H3/t19?,20?,24-/m1/s1. The Labute approximate surface area is 212 Å². The van der Waals surface area contributed by atoms with Crippen LogP contribution in [0.5, 0.6) is 5.75 Å². The molecule has 1 N–H and O–H groups in total. The van der Waals surface area contributed by atoms with Gasteiger partial charge in [0.05, 0.1) is 30.4 Å². The summed E-state index contributed by atoms with van der Waals surface area (Å²) in [6.45, 7) is 8.14. The maximum Gasteiger partial charge on any atom is 0.257 e. The summed E-state index contributed by atoms with van der Waals surface area (Å²) in [6, 6.07) is 13.5. The summed E-state index contributed by atoms with van der Waals surface area (Å²) in [5, 5.41) is 10.8. The number of fused-ring (bicyclic) bond motifs is 2. The zero-order valence-electron chi connectivity index (χ0n) is 21.1. The highest BCUT2D eigenvalue weighted by Crippen LogP contribution is 2.26. The molecule has 3 aliphatic rings. The zero-order chi connectivity index (χ0) is 25.2. The largest absolute Gasteiger partial charge is 0.491 e. The first-order valence-corrected chi connectivity index (χ1v) is 12.9. The van der Waals surface area contributed by atoms with E-state index in [1.807, 2.05) is 19.9 Å². The van der Waals surface area contributed by atoms with Gasteiger partial charge in [-0.05, 0) is 49.6 Å². The predicted octanol–water partition coefficient (Wildman–Crippen LogP) is 2.19. The van der Waals surface area contributed by atoms with Crippen molar-refractivity contribution in [3.63, 3.8) is 0 Å². The molecule has 3 aliphatic heterocycles. The highest BCUT2D eigenvalue weighted by atomic mass is 16.5. The van der Waals surface area contributed by atoms with Crippen molar-refractivity contribution in [3.8, 4) is 5.75 Å². The number of carbonyl (C=O) groups excluding carboxylic acids is 2. The van der Waals surface area contributed by atoms with E-state index >= 15 is 0 Å². The van der Waals surface area contributed by atoms with Crippen molar-refractivity contribution < 1.29 is 24.2 Å². The number of aliphatic hydroxyl groups is 1. The molecule has 0 aromatic heterocycles. The molecule has 1 fully saturated rings. The molecule has 36 heavy (non-hydrogen) atoms. The van der Waals surface area contributed by atoms with Crippen molar-refractivity contribution in [3.05, 3.63) is 64.7 Å². The van der Waals surface area contributed by atoms with E-state index in [1.165, 1.54) is 11.1 Å². The first-order valence-electron chi connectivity index (χ1n) is 12.9. The van der Waals surface area contributed by atoms with Crippen LogP contribution in [0.3, 0.4) is 0 Å². The predicted molar refractivity (Wildman–Crippen MR) is 135 cm³/mol. The fourth-order valence-corrected chi connectivity index (χ4v) is 5.51. The maximum atomic E-state index is 13.3. The van der Waals surface area contributed by atoms with Gasteiger partial charge in [0, 0.05) is 44.8 Å². The summed E-state index contributed by atoms with van der Waals surface area (Å²) in [7, 11) is 0. The van der Waals surface area contributed by atoms with Crippen LogP contribution >= 0.6 is 0 Å². The average Bonchev–Trinajstić information content (AvgIpc) is 3.01. The number of carbonyl (C=O) groups is 2. The molecule has 8 nitrogen and oxygen atoms in total. The Morgan fingerprint density at radius 2 is 1.81 bits per heavy atom. The molecule has 2 aromatic rings. The third kappa shape index (κ3) is 5.40. The molecule has 0 spiro atoms. The molecule has 0 radical (unpaired) electrons. The molecule has 5 rings (SSSR count). The smallest absolute Gasteiger partial charge is 0.257 e. The zero-order valence-corrected chi connectivity index (χ0v) is 21.1. The molecule has 2 amide bonds. The van der Waals surface area contributed by atoms with Gasteiger partial charge in [-0.3, -0.25) is 14.5 Å². The third-order valence-corrected chi connectivity index (χ3v) is 7.18. The number of hydrogen-bond donors (Lipinski definition) is 1. The number of ether oxygens (including phenoxy) is 2. The number of rotatable bonds is 5. The number of benzene rings is 2. The maximum absolute atomic E-state index is 13.3. The topological polar surface area (TPSA) is 82.6 Å². The van der Waals surface area contributed by atoms with Gasteiger partial charge in [0.15, 0.2) is 0 Å². The summed E-state index contributed by atoms with van der Waals surface area (Å²) in [4.78, 5) is 32.1. The number of nitrogens with zero attached hydrogens (tertiary/aromatic N) is 3. The van der Waals surface area contributed by atoms with Gasteiger partial charge >= 0.3 is 0 Å². The third-order valence-electron chi connectivity index (χ3n) is 7.18. The van der Waals surface area contributed by atoms with Crippen molar-refractivity contribution in [1.82, 2.24) is 14.7 Å². The van der Waals surface area contributed by atoms with Crippen LogP contribution in [0.2, 0.25) is 0 Å². The molecule has 8 heteroatoms. The van der Waals surface area contributed by atoms with Crippen LogP contribution in [-0.2, 0) is 17.7 Å². The molecule has 2 aromatic carbocycles. The average molecular weight is 494 g/mol. The van der Waals surface area contributed by atoms with Crippen LogP contribution in [0, 0.1) is 0 Å². The monoisotopic (exact) mass is 493 g/mol. The van der Waals surface area contributed by atoms with E-state index in [4.69, 9.17) is 9.47 Å². The second-order valence-corrected chi connectivity index (χ2v) is 10.2. The first kappa shape index (κ1) is 24.7. The lowest BCUT2D eigenvalue weighted by Crippen LogP contribution is -2.48. The first-order chi connectivity index (χ1) is 17.4. The lowest BCUT2D eigenvalue weighted by atomic mass is 10.00. The molecule has 3 atom stereocenters. The minimum atomic E-state index is -0.660. The number of hydrogen-bond acceptors (Lipinski definition) is 6. The van der Waals surface area contributed by atoms with E-state index in [1.54, 1.807) is 28.0 Å². The van der Waals surface area contributed by atoms with Crippen molar-refractivity contribution in [2.24, 2.45) is 0 Å². The molecule has 0 aliphatic carbocycles. The van der Waals surface area contributed by atoms with Crippen LogP contribution in [0.15, 0.2) is 42.5 Å². The lowest BCUT2D eigenvalue weighted by Gasteiger charge is -2.35. The van der Waals surface area contributed by atoms with Crippen molar-refractivity contribution in [2.45, 2.75) is 45.1 Å². The van der Waals surface area contributed by atoms with Crippen LogP contribution in [0.4, 0.5) is 0 Å². The molecule has 0 saturated carbocycles. The van der Waals surface area contributed by atoms with Crippen LogP contribution < -0.4 is 4.74 Å². The van der Waals surface area contributed by atoms with Crippen molar-refractivity contribution >= 4 is 11.8 Å². The van der Waals surface area contributed by atoms with Gasteiger partial charge in [-0.15, -0.1) is 0 Å². The van der Waals surface area contributed by atoms with E-state index in [0.717, 1.165) is 19.5 Å². The van der Waals surface area contributed by atoms with E-state index < -0.39 is 6.10 Å². The Morgan fingerprint density at radius 1 is 1.06 bits per heavy atom. The van der Waals surface area contributed by atoms with Crippen LogP contribution in [0.1, 0.15) is 45.7 Å². The summed E-state index contributed by atoms with van der Waals surface area (Å²) in [5.74, 6) is 0.151. The van der Waals surface area contributed by atoms with Gasteiger partial charge in [-0.25, -0.2) is 0 Å². The van der Waals surface area contributed by atoms with E-state index in [-0.39, 0.29) is 30.6 Å². The summed E-state index contributed by atoms with van der Waals surface area (Å²) in [5.41, 5.74) is 3.60. The van der Waals surface area contributed by atoms with E-state index in [9.17, 15) is 14.7 Å². The number of morpholine rings is 1. The summed E-state index contributed by atoms with van der Waals surface area (Å²) >= 11 is 0. The second kappa shape index (κ2) is 10.6. The Bertz CT molecular complexity index is 1110. The van der Waals surface area contributed by atoms with Crippen LogP contribution in [0.25, 0.3) is 0 Å². The number of amides is 2. The van der Waals surface area contributed by atoms with Crippen LogP contribution in [-0.4, -0.2) is 95.8 Å². The quantitative estimate of drug-likeness (QED) is 0.688. The van der Waals surface area contributed by atoms with Crippen molar-refractivity contribution in [1.29, 1.82) is 0 Å². The highest BCUT2D eigenvalue weighted by Gasteiger charge is 2.30. The minimum absolute atomic E-state index is 0.0176. The van der Waals surface area contributed by atoms with Gasteiger partial charge in [-0.1, -0.05) is 24.3 Å². The minimum Gasteiger partial charge on any atom is -0.491 e. The molecule has 0 bridgehead atoms. The molecular weight excluding hydrogens is 458 g/mol. The molecule has 2 unspecified atom stereocenters. The highest BCUT2D eigenvalue weighted by molar-refractivity contribution is 6.00. The fraction of sp³-hybridized carbons (Fsp3) is 0.500. The number of aliphatic hydroxyl groups excluding tert-OH is 1. The van der Waals surface area contributed by atoms with E-state index in [0.29, 0.717) is 49.7 Å². The van der Waals surface area contributed by atoms with Crippen molar-refractivity contribution in [2.75, 3.05) is 45.9 Å². The normalized spacial score (nSPS) is 23.4. The van der Waals surface area contributed by atoms with Gasteiger partial charge in [-0.2, -0.15) is 0 Å². The van der Waals surface area contributed by atoms with Gasteiger partial charge < -0.3 is 24.4 Å². The summed E-state index contributed by atoms with van der Waals surface area (Å²) in [6.07, 6.45) is 0.273. The lowest BCUT2D eigenvalue weighted by molar-refractivity contribution is -0.0586. The molecule has 3 heterocycles. The second-order valence-electron chi connectivity index (χ2n) is 10.2. The Kier molecular flexibility index (Phi) is 7.27. The Balaban J connectivity index is 1.22. The van der Waals surface area contributed by atoms with Gasteiger partial charge in [0.2, 0.25) is 0 Å². The van der Waals surface area contributed by atoms with Gasteiger partial charge in [0.1, 0.15) is 12.4 Å². The summed E-state index contributed by atoms with van der Waals surface area (Å²) < 4.78 is 11.6. The molecular formula is C28H35N3O5.